The van der Waals surface area contributed by atoms with Crippen LogP contribution in [0.15, 0.2) is 54.6 Å². The maximum atomic E-state index is 13.6. The minimum Gasteiger partial charge on any atom is -0.323 e. The molecular formula is C21H23FN2O3S2. The van der Waals surface area contributed by atoms with Crippen LogP contribution in [0.25, 0.3) is 0 Å². The van der Waals surface area contributed by atoms with E-state index in [-0.39, 0.29) is 11.7 Å². The van der Waals surface area contributed by atoms with E-state index in [4.69, 9.17) is 0 Å². The van der Waals surface area contributed by atoms with Crippen molar-refractivity contribution in [1.82, 2.24) is 9.21 Å². The highest BCUT2D eigenvalue weighted by molar-refractivity contribution is 8.00. The number of hydrogen-bond acceptors (Lipinski definition) is 4. The summed E-state index contributed by atoms with van der Waals surface area (Å²) in [7, 11) is -3.41. The molecule has 2 saturated heterocycles. The number of thioether (sulfide) groups is 1. The lowest BCUT2D eigenvalue weighted by molar-refractivity contribution is 0.0604. The third kappa shape index (κ3) is 4.20. The van der Waals surface area contributed by atoms with Gasteiger partial charge in [0.15, 0.2) is 0 Å². The molecule has 5 nitrogen and oxygen atoms in total. The summed E-state index contributed by atoms with van der Waals surface area (Å²) in [6.45, 7) is 1.36. The largest absolute Gasteiger partial charge is 0.323 e. The summed E-state index contributed by atoms with van der Waals surface area (Å²) in [5, 5.41) is 0. The first-order chi connectivity index (χ1) is 13.9. The van der Waals surface area contributed by atoms with Crippen molar-refractivity contribution in [1.29, 1.82) is 0 Å². The van der Waals surface area contributed by atoms with Gasteiger partial charge in [0.25, 0.3) is 5.91 Å². The molecule has 154 valence electrons. The second kappa shape index (κ2) is 8.08. The summed E-state index contributed by atoms with van der Waals surface area (Å²) < 4.78 is 40.8. The lowest BCUT2D eigenvalue weighted by Gasteiger charge is -2.43. The molecule has 2 aliphatic rings. The standard InChI is InChI=1S/C21H23FN2O3S2/c22-19-8-4-7-18(15-19)20(25)24-13-14-28-21(24)9-11-23(12-10-21)29(26,27)16-17-5-2-1-3-6-17/h1-8,15H,9-14,16H2. The van der Waals surface area contributed by atoms with Gasteiger partial charge in [0.05, 0.1) is 10.6 Å². The monoisotopic (exact) mass is 434 g/mol. The summed E-state index contributed by atoms with van der Waals surface area (Å²) in [4.78, 5) is 14.4. The molecule has 0 atom stereocenters. The molecule has 0 radical (unpaired) electrons. The highest BCUT2D eigenvalue weighted by Gasteiger charge is 2.47. The number of piperidine rings is 1. The van der Waals surface area contributed by atoms with Gasteiger partial charge in [-0.1, -0.05) is 36.4 Å². The van der Waals surface area contributed by atoms with Crippen molar-refractivity contribution in [2.75, 3.05) is 25.4 Å². The van der Waals surface area contributed by atoms with Gasteiger partial charge in [-0.3, -0.25) is 4.79 Å². The minimum atomic E-state index is -3.41. The lowest BCUT2D eigenvalue weighted by Crippen LogP contribution is -2.53. The molecule has 0 aromatic heterocycles. The quantitative estimate of drug-likeness (QED) is 0.741. The van der Waals surface area contributed by atoms with E-state index in [0.717, 1.165) is 11.3 Å². The Morgan fingerprint density at radius 3 is 2.45 bits per heavy atom. The van der Waals surface area contributed by atoms with Gasteiger partial charge in [-0.15, -0.1) is 11.8 Å². The predicted octanol–water partition coefficient (Wildman–Crippen LogP) is 3.34. The molecule has 1 spiro atoms. The van der Waals surface area contributed by atoms with Crippen LogP contribution in [0.1, 0.15) is 28.8 Å². The number of sulfonamides is 1. The Labute approximate surface area is 174 Å². The minimum absolute atomic E-state index is 0.0140. The Morgan fingerprint density at radius 1 is 1.03 bits per heavy atom. The van der Waals surface area contributed by atoms with E-state index >= 15 is 0 Å². The average Bonchev–Trinajstić information content (AvgIpc) is 3.11. The van der Waals surface area contributed by atoms with Crippen LogP contribution in [-0.4, -0.2) is 53.8 Å². The maximum absolute atomic E-state index is 13.6. The second-order valence-corrected chi connectivity index (χ2v) is 10.8. The van der Waals surface area contributed by atoms with Crippen molar-refractivity contribution in [2.24, 2.45) is 0 Å². The van der Waals surface area contributed by atoms with Crippen molar-refractivity contribution in [2.45, 2.75) is 23.5 Å². The molecular weight excluding hydrogens is 411 g/mol. The molecule has 4 rings (SSSR count). The van der Waals surface area contributed by atoms with Gasteiger partial charge in [-0.05, 0) is 36.6 Å². The first kappa shape index (κ1) is 20.4. The van der Waals surface area contributed by atoms with Crippen molar-refractivity contribution in [3.63, 3.8) is 0 Å². The highest BCUT2D eigenvalue weighted by atomic mass is 32.2. The Bertz CT molecular complexity index is 990. The molecule has 2 aromatic carbocycles. The van der Waals surface area contributed by atoms with Crippen molar-refractivity contribution in [3.8, 4) is 0 Å². The molecule has 29 heavy (non-hydrogen) atoms. The van der Waals surface area contributed by atoms with E-state index in [0.29, 0.717) is 38.0 Å². The van der Waals surface area contributed by atoms with E-state index in [1.807, 2.05) is 35.2 Å². The third-order valence-corrected chi connectivity index (χ3v) is 8.99. The summed E-state index contributed by atoms with van der Waals surface area (Å²) >= 11 is 1.71. The number of hydrogen-bond donors (Lipinski definition) is 0. The normalized spacial score (nSPS) is 19.6. The highest BCUT2D eigenvalue weighted by Crippen LogP contribution is 2.45. The number of benzene rings is 2. The molecule has 8 heteroatoms. The number of rotatable bonds is 4. The molecule has 2 aliphatic heterocycles. The zero-order valence-electron chi connectivity index (χ0n) is 16.0. The number of carbonyl (C=O) groups excluding carboxylic acids is 1. The lowest BCUT2D eigenvalue weighted by atomic mass is 10.0. The second-order valence-electron chi connectivity index (χ2n) is 7.40. The number of carbonyl (C=O) groups is 1. The van der Waals surface area contributed by atoms with Crippen LogP contribution in [0, 0.1) is 5.82 Å². The number of nitrogens with zero attached hydrogens (tertiary/aromatic N) is 2. The van der Waals surface area contributed by atoms with E-state index in [1.54, 1.807) is 17.8 Å². The molecule has 0 unspecified atom stereocenters. The average molecular weight is 435 g/mol. The van der Waals surface area contributed by atoms with Crippen LogP contribution in [0.3, 0.4) is 0 Å². The van der Waals surface area contributed by atoms with Gasteiger partial charge in [-0.2, -0.15) is 0 Å². The van der Waals surface area contributed by atoms with E-state index in [2.05, 4.69) is 0 Å². The Hall–Kier alpha value is -1.90. The van der Waals surface area contributed by atoms with Gasteiger partial charge in [0, 0.05) is 31.0 Å². The molecule has 0 N–H and O–H groups in total. The van der Waals surface area contributed by atoms with Gasteiger partial charge < -0.3 is 4.90 Å². The van der Waals surface area contributed by atoms with Gasteiger partial charge in [-0.25, -0.2) is 17.1 Å². The van der Waals surface area contributed by atoms with Crippen LogP contribution in [0.4, 0.5) is 4.39 Å². The van der Waals surface area contributed by atoms with E-state index in [9.17, 15) is 17.6 Å². The predicted molar refractivity (Wildman–Crippen MR) is 112 cm³/mol. The van der Waals surface area contributed by atoms with Gasteiger partial charge in [0.2, 0.25) is 10.0 Å². The molecule has 0 bridgehead atoms. The molecule has 2 aromatic rings. The summed E-state index contributed by atoms with van der Waals surface area (Å²) in [6, 6.07) is 14.9. The molecule has 1 amide bonds. The van der Waals surface area contributed by atoms with Crippen molar-refractivity contribution in [3.05, 3.63) is 71.5 Å². The third-order valence-electron chi connectivity index (χ3n) is 5.58. The Kier molecular flexibility index (Phi) is 5.68. The first-order valence-corrected chi connectivity index (χ1v) is 12.2. The van der Waals surface area contributed by atoms with Crippen LogP contribution < -0.4 is 0 Å². The van der Waals surface area contributed by atoms with Crippen LogP contribution in [-0.2, 0) is 15.8 Å². The van der Waals surface area contributed by atoms with Gasteiger partial charge >= 0.3 is 0 Å². The smallest absolute Gasteiger partial charge is 0.255 e. The van der Waals surface area contributed by atoms with Gasteiger partial charge in [0.1, 0.15) is 5.82 Å². The molecule has 2 fully saturated rings. The Morgan fingerprint density at radius 2 is 1.76 bits per heavy atom. The number of halogens is 1. The molecule has 0 saturated carbocycles. The summed E-state index contributed by atoms with van der Waals surface area (Å²) in [6.07, 6.45) is 1.15. The molecule has 2 heterocycles. The fourth-order valence-corrected chi connectivity index (χ4v) is 7.07. The van der Waals surface area contributed by atoms with Crippen LogP contribution in [0.5, 0.6) is 0 Å². The first-order valence-electron chi connectivity index (χ1n) is 9.63. The summed E-state index contributed by atoms with van der Waals surface area (Å²) in [5.74, 6) is 0.172. The van der Waals surface area contributed by atoms with Crippen molar-refractivity contribution < 1.29 is 17.6 Å². The zero-order valence-corrected chi connectivity index (χ0v) is 17.6. The van der Waals surface area contributed by atoms with Crippen LogP contribution >= 0.6 is 11.8 Å². The topological polar surface area (TPSA) is 57.7 Å². The van der Waals surface area contributed by atoms with E-state index in [1.165, 1.54) is 22.5 Å². The van der Waals surface area contributed by atoms with E-state index < -0.39 is 20.7 Å². The fourth-order valence-electron chi connectivity index (χ4n) is 4.08. The molecule has 0 aliphatic carbocycles. The SMILES string of the molecule is O=C(c1cccc(F)c1)N1CCSC12CCN(S(=O)(=O)Cc1ccccc1)CC2. The van der Waals surface area contributed by atoms with Crippen molar-refractivity contribution >= 4 is 27.7 Å². The fraction of sp³-hybridized carbons (Fsp3) is 0.381. The maximum Gasteiger partial charge on any atom is 0.255 e. The number of amides is 1. The summed E-state index contributed by atoms with van der Waals surface area (Å²) in [5.41, 5.74) is 1.11. The van der Waals surface area contributed by atoms with Crippen LogP contribution in [0.2, 0.25) is 0 Å². The Balaban J connectivity index is 1.46. The zero-order chi connectivity index (χ0) is 20.5.